The molecule has 1 N–H and O–H groups in total. The van der Waals surface area contributed by atoms with Gasteiger partial charge in [0.25, 0.3) is 0 Å². The number of hydrogen-bond donors (Lipinski definition) is 1. The number of ether oxygens (including phenoxy) is 1. The molecule has 1 fully saturated rings. The highest BCUT2D eigenvalue weighted by Crippen LogP contribution is 2.47. The molecule has 3 heterocycles. The van der Waals surface area contributed by atoms with Crippen LogP contribution in [0.1, 0.15) is 30.9 Å². The van der Waals surface area contributed by atoms with Gasteiger partial charge in [-0.3, -0.25) is 0 Å². The SMILES string of the molecule is CCN1CCC2(CC1)COc1cc3c(cc12)NCC3. The van der Waals surface area contributed by atoms with Crippen molar-refractivity contribution in [1.29, 1.82) is 0 Å². The van der Waals surface area contributed by atoms with E-state index in [0.717, 1.165) is 25.3 Å². The number of nitrogens with zero attached hydrogens (tertiary/aromatic N) is 1. The zero-order valence-corrected chi connectivity index (χ0v) is 11.7. The second-order valence-corrected chi connectivity index (χ2v) is 6.19. The van der Waals surface area contributed by atoms with Crippen LogP contribution in [-0.4, -0.2) is 37.7 Å². The van der Waals surface area contributed by atoms with Crippen LogP contribution < -0.4 is 10.1 Å². The molecule has 0 aromatic heterocycles. The van der Waals surface area contributed by atoms with Crippen molar-refractivity contribution >= 4 is 5.69 Å². The van der Waals surface area contributed by atoms with E-state index >= 15 is 0 Å². The quantitative estimate of drug-likeness (QED) is 0.837. The molecule has 0 radical (unpaired) electrons. The summed E-state index contributed by atoms with van der Waals surface area (Å²) < 4.78 is 6.04. The van der Waals surface area contributed by atoms with E-state index in [-0.39, 0.29) is 0 Å². The lowest BCUT2D eigenvalue weighted by molar-refractivity contribution is 0.140. The van der Waals surface area contributed by atoms with Gasteiger partial charge in [-0.05, 0) is 56.6 Å². The smallest absolute Gasteiger partial charge is 0.123 e. The first-order valence-corrected chi connectivity index (χ1v) is 7.57. The molecule has 0 unspecified atom stereocenters. The van der Waals surface area contributed by atoms with Crippen LogP contribution in [0.25, 0.3) is 0 Å². The molecule has 0 aliphatic carbocycles. The van der Waals surface area contributed by atoms with E-state index < -0.39 is 0 Å². The Balaban J connectivity index is 1.68. The van der Waals surface area contributed by atoms with Crippen LogP contribution in [-0.2, 0) is 11.8 Å². The maximum Gasteiger partial charge on any atom is 0.123 e. The van der Waals surface area contributed by atoms with Gasteiger partial charge < -0.3 is 15.0 Å². The fourth-order valence-corrected chi connectivity index (χ4v) is 3.86. The number of hydrogen-bond acceptors (Lipinski definition) is 3. The molecule has 0 atom stereocenters. The van der Waals surface area contributed by atoms with Gasteiger partial charge in [0.2, 0.25) is 0 Å². The molecule has 0 amide bonds. The first-order chi connectivity index (χ1) is 9.31. The largest absolute Gasteiger partial charge is 0.492 e. The van der Waals surface area contributed by atoms with E-state index in [1.807, 2.05) is 0 Å². The number of likely N-dealkylation sites (tertiary alicyclic amines) is 1. The third-order valence-corrected chi connectivity index (χ3v) is 5.25. The summed E-state index contributed by atoms with van der Waals surface area (Å²) >= 11 is 0. The summed E-state index contributed by atoms with van der Waals surface area (Å²) in [6, 6.07) is 4.66. The Kier molecular flexibility index (Phi) is 2.52. The van der Waals surface area contributed by atoms with Crippen molar-refractivity contribution in [3.05, 3.63) is 23.3 Å². The zero-order valence-electron chi connectivity index (χ0n) is 11.7. The molecular weight excluding hydrogens is 236 g/mol. The van der Waals surface area contributed by atoms with E-state index in [0.29, 0.717) is 5.41 Å². The van der Waals surface area contributed by atoms with Gasteiger partial charge in [0, 0.05) is 23.2 Å². The summed E-state index contributed by atoms with van der Waals surface area (Å²) in [5.41, 5.74) is 4.54. The molecule has 1 aromatic rings. The monoisotopic (exact) mass is 258 g/mol. The number of anilines is 1. The predicted octanol–water partition coefficient (Wildman–Crippen LogP) is 2.40. The lowest BCUT2D eigenvalue weighted by atomic mass is 9.74. The van der Waals surface area contributed by atoms with Crippen LogP contribution >= 0.6 is 0 Å². The van der Waals surface area contributed by atoms with Crippen molar-refractivity contribution in [3.8, 4) is 5.75 Å². The van der Waals surface area contributed by atoms with Gasteiger partial charge in [-0.2, -0.15) is 0 Å². The summed E-state index contributed by atoms with van der Waals surface area (Å²) in [6.45, 7) is 7.83. The molecule has 1 spiro atoms. The van der Waals surface area contributed by atoms with Crippen molar-refractivity contribution in [3.63, 3.8) is 0 Å². The van der Waals surface area contributed by atoms with Crippen LogP contribution in [0.4, 0.5) is 5.69 Å². The van der Waals surface area contributed by atoms with E-state index in [9.17, 15) is 0 Å². The van der Waals surface area contributed by atoms with Crippen LogP contribution in [0, 0.1) is 0 Å². The van der Waals surface area contributed by atoms with Gasteiger partial charge in [-0.25, -0.2) is 0 Å². The van der Waals surface area contributed by atoms with Gasteiger partial charge in [0.15, 0.2) is 0 Å². The zero-order chi connectivity index (χ0) is 12.9. The molecule has 1 saturated heterocycles. The Morgan fingerprint density at radius 2 is 2.16 bits per heavy atom. The summed E-state index contributed by atoms with van der Waals surface area (Å²) in [6.07, 6.45) is 3.63. The average molecular weight is 258 g/mol. The Labute approximate surface area is 114 Å². The highest BCUT2D eigenvalue weighted by Gasteiger charge is 2.43. The Hall–Kier alpha value is -1.22. The Morgan fingerprint density at radius 3 is 2.95 bits per heavy atom. The van der Waals surface area contributed by atoms with E-state index in [2.05, 4.69) is 29.3 Å². The lowest BCUT2D eigenvalue weighted by Gasteiger charge is -2.38. The minimum absolute atomic E-state index is 0.292. The standard InChI is InChI=1S/C16H22N2O/c1-2-18-7-4-16(5-8-18)11-19-15-9-12-3-6-17-14(12)10-13(15)16/h9-10,17H,2-8,11H2,1H3. The van der Waals surface area contributed by atoms with Gasteiger partial charge in [-0.1, -0.05) is 6.92 Å². The molecule has 3 heteroatoms. The molecule has 3 aliphatic rings. The third-order valence-electron chi connectivity index (χ3n) is 5.25. The normalized spacial score (nSPS) is 23.8. The van der Waals surface area contributed by atoms with E-state index in [1.54, 1.807) is 0 Å². The molecule has 19 heavy (non-hydrogen) atoms. The second-order valence-electron chi connectivity index (χ2n) is 6.19. The van der Waals surface area contributed by atoms with E-state index in [4.69, 9.17) is 4.74 Å². The summed E-state index contributed by atoms with van der Waals surface area (Å²) in [5.74, 6) is 1.16. The highest BCUT2D eigenvalue weighted by molar-refractivity contribution is 5.63. The molecule has 0 saturated carbocycles. The molecule has 3 nitrogen and oxygen atoms in total. The predicted molar refractivity (Wildman–Crippen MR) is 77.2 cm³/mol. The minimum Gasteiger partial charge on any atom is -0.492 e. The molecular formula is C16H22N2O. The summed E-state index contributed by atoms with van der Waals surface area (Å²) in [4.78, 5) is 2.55. The van der Waals surface area contributed by atoms with E-state index in [1.165, 1.54) is 49.3 Å². The minimum atomic E-state index is 0.292. The summed E-state index contributed by atoms with van der Waals surface area (Å²) in [5, 5.41) is 3.51. The number of benzene rings is 1. The molecule has 102 valence electrons. The maximum atomic E-state index is 6.04. The highest BCUT2D eigenvalue weighted by atomic mass is 16.5. The molecule has 0 bridgehead atoms. The van der Waals surface area contributed by atoms with Crippen LogP contribution in [0.5, 0.6) is 5.75 Å². The first-order valence-electron chi connectivity index (χ1n) is 7.57. The van der Waals surface area contributed by atoms with Crippen LogP contribution in [0.2, 0.25) is 0 Å². The Morgan fingerprint density at radius 1 is 1.32 bits per heavy atom. The average Bonchev–Trinajstić information content (AvgIpc) is 3.03. The van der Waals surface area contributed by atoms with Crippen molar-refractivity contribution in [2.75, 3.05) is 38.1 Å². The molecule has 4 rings (SSSR count). The van der Waals surface area contributed by atoms with Crippen LogP contribution in [0.15, 0.2) is 12.1 Å². The van der Waals surface area contributed by atoms with Crippen molar-refractivity contribution in [2.24, 2.45) is 0 Å². The lowest BCUT2D eigenvalue weighted by Crippen LogP contribution is -2.43. The molecule has 1 aromatic carbocycles. The number of fused-ring (bicyclic) bond motifs is 3. The maximum absolute atomic E-state index is 6.04. The first kappa shape index (κ1) is 11.6. The van der Waals surface area contributed by atoms with Crippen molar-refractivity contribution < 1.29 is 4.74 Å². The van der Waals surface area contributed by atoms with Gasteiger partial charge in [0.05, 0.1) is 6.61 Å². The number of rotatable bonds is 1. The van der Waals surface area contributed by atoms with Gasteiger partial charge in [-0.15, -0.1) is 0 Å². The fraction of sp³-hybridized carbons (Fsp3) is 0.625. The third kappa shape index (κ3) is 1.68. The number of nitrogens with one attached hydrogen (secondary N) is 1. The Bertz CT molecular complexity index is 504. The van der Waals surface area contributed by atoms with Gasteiger partial charge >= 0.3 is 0 Å². The molecule has 3 aliphatic heterocycles. The van der Waals surface area contributed by atoms with Crippen molar-refractivity contribution in [2.45, 2.75) is 31.6 Å². The second kappa shape index (κ2) is 4.14. The summed E-state index contributed by atoms with van der Waals surface area (Å²) in [7, 11) is 0. The van der Waals surface area contributed by atoms with Crippen LogP contribution in [0.3, 0.4) is 0 Å². The van der Waals surface area contributed by atoms with Crippen molar-refractivity contribution in [1.82, 2.24) is 4.90 Å². The fourth-order valence-electron chi connectivity index (χ4n) is 3.86. The van der Waals surface area contributed by atoms with Gasteiger partial charge in [0.1, 0.15) is 5.75 Å². The topological polar surface area (TPSA) is 24.5 Å². The number of piperidine rings is 1.